The molecule has 0 atom stereocenters. The van der Waals surface area contributed by atoms with Crippen molar-refractivity contribution >= 4 is 21.9 Å². The average Bonchev–Trinajstić information content (AvgIpc) is 2.70. The second kappa shape index (κ2) is 5.70. The second-order valence-electron chi connectivity index (χ2n) is 3.90. The van der Waals surface area contributed by atoms with Crippen LogP contribution in [0.4, 0.5) is 8.78 Å². The third-order valence-electron chi connectivity index (χ3n) is 2.48. The zero-order chi connectivity index (χ0) is 14.9. The number of hydrogen-bond donors (Lipinski definition) is 0. The molecule has 0 saturated heterocycles. The zero-order valence-corrected chi connectivity index (χ0v) is 12.3. The summed E-state index contributed by atoms with van der Waals surface area (Å²) >= 11 is 2.98. The summed E-state index contributed by atoms with van der Waals surface area (Å²) in [6.07, 6.45) is 0. The largest absolute Gasteiger partial charge is 0.460 e. The van der Waals surface area contributed by atoms with Crippen molar-refractivity contribution in [2.45, 2.75) is 13.8 Å². The lowest BCUT2D eigenvalue weighted by molar-refractivity contribution is 0.0490. The molecule has 0 aliphatic heterocycles. The number of carbonyl (C=O) groups is 1. The minimum absolute atomic E-state index is 0.162. The minimum atomic E-state index is -0.839. The van der Waals surface area contributed by atoms with Gasteiger partial charge in [0.1, 0.15) is 17.2 Å². The number of halogens is 3. The molecule has 4 nitrogen and oxygen atoms in total. The molecule has 2 rings (SSSR count). The Bertz CT molecular complexity index is 647. The maximum Gasteiger partial charge on any atom is 0.376 e. The summed E-state index contributed by atoms with van der Waals surface area (Å²) in [7, 11) is 0. The van der Waals surface area contributed by atoms with Crippen LogP contribution >= 0.6 is 15.9 Å². The van der Waals surface area contributed by atoms with Crippen molar-refractivity contribution in [1.29, 1.82) is 0 Å². The number of esters is 1. The fourth-order valence-electron chi connectivity index (χ4n) is 1.64. The quantitative estimate of drug-likeness (QED) is 0.792. The Balaban J connectivity index is 2.50. The summed E-state index contributed by atoms with van der Waals surface area (Å²) in [5.41, 5.74) is -0.216. The van der Waals surface area contributed by atoms with Gasteiger partial charge in [-0.25, -0.2) is 18.6 Å². The van der Waals surface area contributed by atoms with Crippen molar-refractivity contribution < 1.29 is 22.7 Å². The van der Waals surface area contributed by atoms with Crippen LogP contribution in [0.25, 0.3) is 11.5 Å². The highest BCUT2D eigenvalue weighted by molar-refractivity contribution is 9.10. The van der Waals surface area contributed by atoms with E-state index in [-0.39, 0.29) is 28.4 Å². The highest BCUT2D eigenvalue weighted by Gasteiger charge is 2.23. The van der Waals surface area contributed by atoms with Gasteiger partial charge in [0.2, 0.25) is 11.7 Å². The fourth-order valence-corrected chi connectivity index (χ4v) is 2.04. The summed E-state index contributed by atoms with van der Waals surface area (Å²) in [5, 5.41) is 0. The highest BCUT2D eigenvalue weighted by Crippen LogP contribution is 2.30. The van der Waals surface area contributed by atoms with E-state index in [1.807, 2.05) is 0 Å². The molecule has 0 spiro atoms. The fraction of sp³-hybridized carbons (Fsp3) is 0.231. The van der Waals surface area contributed by atoms with E-state index in [9.17, 15) is 13.6 Å². The normalized spacial score (nSPS) is 10.7. The lowest BCUT2D eigenvalue weighted by Gasteiger charge is -2.01. The second-order valence-corrected chi connectivity index (χ2v) is 4.81. The van der Waals surface area contributed by atoms with Gasteiger partial charge in [-0.2, -0.15) is 0 Å². The van der Waals surface area contributed by atoms with Crippen LogP contribution in [0.3, 0.4) is 0 Å². The van der Waals surface area contributed by atoms with Gasteiger partial charge in [0.05, 0.1) is 12.3 Å². The first kappa shape index (κ1) is 14.6. The van der Waals surface area contributed by atoms with Crippen molar-refractivity contribution in [3.05, 3.63) is 39.7 Å². The third kappa shape index (κ3) is 2.72. The Hall–Kier alpha value is -1.76. The number of carbonyl (C=O) groups excluding carboxylic acids is 1. The number of hydrogen-bond acceptors (Lipinski definition) is 4. The molecule has 1 heterocycles. The maximum atomic E-state index is 13.8. The van der Waals surface area contributed by atoms with E-state index in [1.165, 1.54) is 6.92 Å². The minimum Gasteiger partial charge on any atom is -0.460 e. The number of oxazole rings is 1. The van der Waals surface area contributed by atoms with E-state index >= 15 is 0 Å². The summed E-state index contributed by atoms with van der Waals surface area (Å²) in [6, 6.07) is 2.17. The van der Waals surface area contributed by atoms with Crippen molar-refractivity contribution in [2.24, 2.45) is 0 Å². The van der Waals surface area contributed by atoms with Gasteiger partial charge in [-0.15, -0.1) is 0 Å². The molecule has 0 amide bonds. The maximum absolute atomic E-state index is 13.8. The first-order valence-electron chi connectivity index (χ1n) is 5.73. The molecule has 0 radical (unpaired) electrons. The zero-order valence-electron chi connectivity index (χ0n) is 10.7. The summed E-state index contributed by atoms with van der Waals surface area (Å²) < 4.78 is 37.8. The van der Waals surface area contributed by atoms with Crippen molar-refractivity contribution in [2.75, 3.05) is 6.61 Å². The molecule has 1 aromatic carbocycles. The molecular weight excluding hydrogens is 336 g/mol. The van der Waals surface area contributed by atoms with Gasteiger partial charge in [0.25, 0.3) is 0 Å². The number of nitrogens with zero attached hydrogens (tertiary/aromatic N) is 1. The van der Waals surface area contributed by atoms with E-state index in [0.717, 1.165) is 12.1 Å². The van der Waals surface area contributed by atoms with E-state index < -0.39 is 23.2 Å². The van der Waals surface area contributed by atoms with E-state index in [2.05, 4.69) is 20.9 Å². The predicted molar refractivity (Wildman–Crippen MR) is 70.2 cm³/mol. The molecule has 7 heteroatoms. The molecule has 0 aliphatic rings. The molecule has 0 fully saturated rings. The molecule has 0 aliphatic carbocycles. The summed E-state index contributed by atoms with van der Waals surface area (Å²) in [4.78, 5) is 15.5. The van der Waals surface area contributed by atoms with Crippen molar-refractivity contribution in [1.82, 2.24) is 4.98 Å². The molecule has 20 heavy (non-hydrogen) atoms. The van der Waals surface area contributed by atoms with Gasteiger partial charge in [-0.05, 0) is 26.0 Å². The SMILES string of the molecule is CCOC(=O)c1oc(-c2c(F)cc(Br)cc2F)nc1C. The number of rotatable bonds is 3. The highest BCUT2D eigenvalue weighted by atomic mass is 79.9. The lowest BCUT2D eigenvalue weighted by atomic mass is 10.2. The molecular formula is C13H10BrF2NO3. The third-order valence-corrected chi connectivity index (χ3v) is 2.94. The van der Waals surface area contributed by atoms with Gasteiger partial charge in [-0.3, -0.25) is 0 Å². The molecule has 0 bridgehead atoms. The first-order valence-corrected chi connectivity index (χ1v) is 6.52. The molecule has 0 saturated carbocycles. The topological polar surface area (TPSA) is 52.3 Å². The summed E-state index contributed by atoms with van der Waals surface area (Å²) in [6.45, 7) is 3.29. The molecule has 2 aromatic rings. The van der Waals surface area contributed by atoms with Gasteiger partial charge < -0.3 is 9.15 Å². The number of aryl methyl sites for hydroxylation is 1. The van der Waals surface area contributed by atoms with Crippen LogP contribution in [0.5, 0.6) is 0 Å². The van der Waals surface area contributed by atoms with Gasteiger partial charge >= 0.3 is 5.97 Å². The van der Waals surface area contributed by atoms with Crippen LogP contribution in [0.1, 0.15) is 23.2 Å². The van der Waals surface area contributed by atoms with Crippen molar-refractivity contribution in [3.63, 3.8) is 0 Å². The van der Waals surface area contributed by atoms with Gasteiger partial charge in [-0.1, -0.05) is 15.9 Å². The number of aromatic nitrogens is 1. The Morgan fingerprint density at radius 3 is 2.55 bits per heavy atom. The van der Waals surface area contributed by atoms with Gasteiger partial charge in [0, 0.05) is 4.47 Å². The van der Waals surface area contributed by atoms with Crippen LogP contribution in [0, 0.1) is 18.6 Å². The lowest BCUT2D eigenvalue weighted by Crippen LogP contribution is -2.04. The van der Waals surface area contributed by atoms with Crippen LogP contribution < -0.4 is 0 Å². The van der Waals surface area contributed by atoms with E-state index in [1.54, 1.807) is 6.92 Å². The van der Waals surface area contributed by atoms with E-state index in [4.69, 9.17) is 9.15 Å². The average molecular weight is 346 g/mol. The Kier molecular flexibility index (Phi) is 4.17. The molecule has 0 N–H and O–H groups in total. The Morgan fingerprint density at radius 2 is 2.00 bits per heavy atom. The van der Waals surface area contributed by atoms with Gasteiger partial charge in [0.15, 0.2) is 0 Å². The number of ether oxygens (including phenoxy) is 1. The standard InChI is InChI=1S/C13H10BrF2NO3/c1-3-19-13(18)11-6(2)17-12(20-11)10-8(15)4-7(14)5-9(10)16/h4-5H,3H2,1-2H3. The molecule has 106 valence electrons. The molecule has 1 aromatic heterocycles. The number of benzene rings is 1. The molecule has 0 unspecified atom stereocenters. The smallest absolute Gasteiger partial charge is 0.376 e. The van der Waals surface area contributed by atoms with Crippen LogP contribution in [0.15, 0.2) is 21.0 Å². The van der Waals surface area contributed by atoms with E-state index in [0.29, 0.717) is 0 Å². The summed E-state index contributed by atoms with van der Waals surface area (Å²) in [5.74, 6) is -2.86. The predicted octanol–water partition coefficient (Wildman–Crippen LogP) is 3.87. The Morgan fingerprint density at radius 1 is 1.40 bits per heavy atom. The Labute approximate surface area is 121 Å². The monoisotopic (exact) mass is 345 g/mol. The van der Waals surface area contributed by atoms with Crippen molar-refractivity contribution in [3.8, 4) is 11.5 Å². The van der Waals surface area contributed by atoms with Crippen LogP contribution in [-0.2, 0) is 4.74 Å². The van der Waals surface area contributed by atoms with Crippen LogP contribution in [-0.4, -0.2) is 17.6 Å². The first-order chi connectivity index (χ1) is 9.43. The van der Waals surface area contributed by atoms with Crippen LogP contribution in [0.2, 0.25) is 0 Å².